The first-order chi connectivity index (χ1) is 20.8. The molecule has 3 heteroatoms. The number of rotatable bonds is 7. The lowest BCUT2D eigenvalue weighted by atomic mass is 10.0. The number of para-hydroxylation sites is 2. The van der Waals surface area contributed by atoms with Gasteiger partial charge in [-0.3, -0.25) is 0 Å². The maximum Gasteiger partial charge on any atom is 0.115 e. The van der Waals surface area contributed by atoms with E-state index in [-0.39, 0.29) is 0 Å². The van der Waals surface area contributed by atoms with Crippen molar-refractivity contribution in [2.45, 2.75) is 6.67 Å². The molecule has 0 aromatic heterocycles. The number of hydrogen-bond acceptors (Lipinski definition) is 2. The fourth-order valence-corrected chi connectivity index (χ4v) is 5.66. The van der Waals surface area contributed by atoms with E-state index in [4.69, 9.17) is 0 Å². The summed E-state index contributed by atoms with van der Waals surface area (Å²) in [5.74, 6) is 0. The Labute approximate surface area is 245 Å². The van der Waals surface area contributed by atoms with Gasteiger partial charge in [-0.2, -0.15) is 0 Å². The topological polar surface area (TPSA) is 6.48 Å². The van der Waals surface area contributed by atoms with E-state index in [9.17, 15) is 4.39 Å². The van der Waals surface area contributed by atoms with E-state index >= 15 is 0 Å². The smallest absolute Gasteiger partial charge is 0.115 e. The zero-order valence-electron chi connectivity index (χ0n) is 23.1. The summed E-state index contributed by atoms with van der Waals surface area (Å²) in [6.45, 7) is -0.473. The highest BCUT2D eigenvalue weighted by Gasteiger charge is 2.17. The largest absolute Gasteiger partial charge is 0.311 e. The molecular weight excluding hydrogens is 515 g/mol. The molecule has 2 nitrogen and oxygen atoms in total. The van der Waals surface area contributed by atoms with Gasteiger partial charge < -0.3 is 9.80 Å². The molecule has 0 amide bonds. The molecule has 0 saturated carbocycles. The van der Waals surface area contributed by atoms with E-state index in [0.29, 0.717) is 5.56 Å². The van der Waals surface area contributed by atoms with Crippen LogP contribution in [-0.4, -0.2) is 0 Å². The fraction of sp³-hybridized carbons (Fsp3) is 0.0256. The van der Waals surface area contributed by atoms with Crippen LogP contribution in [0, 0.1) is 0 Å². The van der Waals surface area contributed by atoms with Crippen LogP contribution in [0.5, 0.6) is 0 Å². The zero-order chi connectivity index (χ0) is 28.3. The first-order valence-corrected chi connectivity index (χ1v) is 14.2. The van der Waals surface area contributed by atoms with E-state index in [1.165, 1.54) is 21.5 Å². The Kier molecular flexibility index (Phi) is 6.83. The van der Waals surface area contributed by atoms with Crippen LogP contribution < -0.4 is 9.80 Å². The van der Waals surface area contributed by atoms with Gasteiger partial charge in [0.25, 0.3) is 0 Å². The van der Waals surface area contributed by atoms with Gasteiger partial charge in [0.05, 0.1) is 5.69 Å². The molecule has 7 rings (SSSR count). The zero-order valence-corrected chi connectivity index (χ0v) is 23.1. The quantitative estimate of drug-likeness (QED) is 0.184. The number of alkyl halides is 1. The lowest BCUT2D eigenvalue weighted by Gasteiger charge is -2.29. The second kappa shape index (κ2) is 11.2. The first-order valence-electron chi connectivity index (χ1n) is 14.2. The monoisotopic (exact) mass is 544 g/mol. The van der Waals surface area contributed by atoms with Gasteiger partial charge in [0.15, 0.2) is 0 Å². The first kappa shape index (κ1) is 25.6. The average molecular weight is 545 g/mol. The molecule has 0 saturated heterocycles. The maximum atomic E-state index is 13.3. The van der Waals surface area contributed by atoms with Gasteiger partial charge in [-0.05, 0) is 101 Å². The molecule has 0 heterocycles. The van der Waals surface area contributed by atoms with Crippen LogP contribution in [0.3, 0.4) is 0 Å². The number of fused-ring (bicyclic) bond motifs is 2. The number of nitrogens with zero attached hydrogens (tertiary/aromatic N) is 2. The van der Waals surface area contributed by atoms with Gasteiger partial charge in [-0.15, -0.1) is 0 Å². The Morgan fingerprint density at radius 1 is 0.381 bits per heavy atom. The minimum Gasteiger partial charge on any atom is -0.311 e. The molecule has 7 aromatic rings. The van der Waals surface area contributed by atoms with Crippen molar-refractivity contribution >= 4 is 55.7 Å². The fourth-order valence-electron chi connectivity index (χ4n) is 5.66. The van der Waals surface area contributed by atoms with Crippen molar-refractivity contribution in [3.05, 3.63) is 169 Å². The van der Waals surface area contributed by atoms with Crippen molar-refractivity contribution < 1.29 is 4.39 Å². The van der Waals surface area contributed by atoms with Crippen molar-refractivity contribution in [2.24, 2.45) is 0 Å². The summed E-state index contributed by atoms with van der Waals surface area (Å²) in [5.41, 5.74) is 6.99. The molecule has 0 atom stereocenters. The molecule has 0 aliphatic heterocycles. The Morgan fingerprint density at radius 3 is 1.43 bits per heavy atom. The molecule has 202 valence electrons. The summed E-state index contributed by atoms with van der Waals surface area (Å²) in [6.07, 6.45) is 0. The number of anilines is 6. The highest BCUT2D eigenvalue weighted by molar-refractivity contribution is 6.06. The molecule has 0 spiro atoms. The highest BCUT2D eigenvalue weighted by Crippen LogP contribution is 2.42. The van der Waals surface area contributed by atoms with Crippen LogP contribution in [0.1, 0.15) is 5.56 Å². The van der Waals surface area contributed by atoms with Crippen LogP contribution >= 0.6 is 0 Å². The number of halogens is 1. The summed E-state index contributed by atoms with van der Waals surface area (Å²) >= 11 is 0. The van der Waals surface area contributed by atoms with Gasteiger partial charge in [-0.1, -0.05) is 84.9 Å². The van der Waals surface area contributed by atoms with Gasteiger partial charge in [0.1, 0.15) is 6.67 Å². The Hall–Kier alpha value is -5.41. The Balaban J connectivity index is 1.36. The molecule has 0 aliphatic carbocycles. The van der Waals surface area contributed by atoms with E-state index in [1.54, 1.807) is 0 Å². The predicted octanol–water partition coefficient (Wildman–Crippen LogP) is 11.4. The predicted molar refractivity (Wildman–Crippen MR) is 176 cm³/mol. The van der Waals surface area contributed by atoms with Crippen molar-refractivity contribution in [2.75, 3.05) is 9.80 Å². The normalized spacial score (nSPS) is 11.1. The molecule has 7 aromatic carbocycles. The van der Waals surface area contributed by atoms with E-state index in [1.807, 2.05) is 48.5 Å². The summed E-state index contributed by atoms with van der Waals surface area (Å²) in [7, 11) is 0. The summed E-state index contributed by atoms with van der Waals surface area (Å²) < 4.78 is 13.3. The summed E-state index contributed by atoms with van der Waals surface area (Å²) in [5, 5.41) is 4.86. The standard InChI is InChI=1S/C39H29FN2/c40-28-29-18-20-35(21-19-29)41(33-13-3-1-4-14-33)36-22-24-37(25-23-36)42(34-15-5-2-6-16-34)39-17-9-12-32-26-30-10-7-8-11-31(30)27-38(32)39/h1-27H,28H2. The van der Waals surface area contributed by atoms with Gasteiger partial charge in [-0.25, -0.2) is 4.39 Å². The molecule has 0 N–H and O–H groups in total. The molecule has 0 unspecified atom stereocenters. The van der Waals surface area contributed by atoms with E-state index < -0.39 is 6.67 Å². The molecule has 0 radical (unpaired) electrons. The second-order valence-electron chi connectivity index (χ2n) is 10.4. The summed E-state index contributed by atoms with van der Waals surface area (Å²) in [4.78, 5) is 4.52. The van der Waals surface area contributed by atoms with Gasteiger partial charge in [0, 0.05) is 33.8 Å². The maximum absolute atomic E-state index is 13.3. The van der Waals surface area contributed by atoms with Crippen LogP contribution in [-0.2, 0) is 6.67 Å². The van der Waals surface area contributed by atoms with Crippen LogP contribution in [0.2, 0.25) is 0 Å². The Morgan fingerprint density at radius 2 is 0.833 bits per heavy atom. The molecule has 0 fully saturated rings. The highest BCUT2D eigenvalue weighted by atomic mass is 19.1. The Bertz CT molecular complexity index is 1950. The van der Waals surface area contributed by atoms with Crippen LogP contribution in [0.25, 0.3) is 21.5 Å². The third-order valence-corrected chi connectivity index (χ3v) is 7.71. The average Bonchev–Trinajstić information content (AvgIpc) is 3.06. The van der Waals surface area contributed by atoms with Crippen molar-refractivity contribution in [3.8, 4) is 0 Å². The van der Waals surface area contributed by atoms with E-state index in [2.05, 4.69) is 125 Å². The van der Waals surface area contributed by atoms with Crippen molar-refractivity contribution in [3.63, 3.8) is 0 Å². The lowest BCUT2D eigenvalue weighted by molar-refractivity contribution is 0.485. The minimum absolute atomic E-state index is 0.473. The van der Waals surface area contributed by atoms with Crippen LogP contribution in [0.15, 0.2) is 164 Å². The lowest BCUT2D eigenvalue weighted by Crippen LogP contribution is -2.12. The van der Waals surface area contributed by atoms with Gasteiger partial charge in [0.2, 0.25) is 0 Å². The molecular formula is C39H29FN2. The molecule has 0 bridgehead atoms. The minimum atomic E-state index is -0.473. The SMILES string of the molecule is FCc1ccc(N(c2ccccc2)c2ccc(N(c3ccccc3)c3cccc4cc5ccccc5cc34)cc2)cc1. The summed E-state index contributed by atoms with van der Waals surface area (Å²) in [6, 6.07) is 56.7. The third-order valence-electron chi connectivity index (χ3n) is 7.71. The molecule has 0 aliphatic rings. The second-order valence-corrected chi connectivity index (χ2v) is 10.4. The third kappa shape index (κ3) is 4.86. The molecule has 42 heavy (non-hydrogen) atoms. The van der Waals surface area contributed by atoms with Crippen molar-refractivity contribution in [1.29, 1.82) is 0 Å². The number of benzene rings is 7. The van der Waals surface area contributed by atoms with Crippen LogP contribution in [0.4, 0.5) is 38.5 Å². The van der Waals surface area contributed by atoms with Crippen molar-refractivity contribution in [1.82, 2.24) is 0 Å². The number of hydrogen-bond donors (Lipinski definition) is 0. The van der Waals surface area contributed by atoms with E-state index in [0.717, 1.165) is 34.1 Å². The van der Waals surface area contributed by atoms with Gasteiger partial charge >= 0.3 is 0 Å².